The molecule has 2 aromatic heterocycles. The van der Waals surface area contributed by atoms with Gasteiger partial charge in [-0.25, -0.2) is 0 Å². The molecule has 1 amide bonds. The number of thiophene rings is 1. The molecule has 0 bridgehead atoms. The lowest BCUT2D eigenvalue weighted by atomic mass is 10.1. The molecule has 0 atom stereocenters. The Kier molecular flexibility index (Phi) is 3.22. The van der Waals surface area contributed by atoms with Gasteiger partial charge in [0.25, 0.3) is 5.91 Å². The van der Waals surface area contributed by atoms with Gasteiger partial charge in [0.15, 0.2) is 5.78 Å². The van der Waals surface area contributed by atoms with Crippen molar-refractivity contribution in [2.24, 2.45) is 7.05 Å². The molecule has 0 spiro atoms. The Bertz CT molecular complexity index is 684. The molecular weight excluding hydrogens is 272 g/mol. The van der Waals surface area contributed by atoms with E-state index in [1.165, 1.54) is 17.4 Å². The van der Waals surface area contributed by atoms with Crippen molar-refractivity contribution in [3.8, 4) is 0 Å². The van der Waals surface area contributed by atoms with Gasteiger partial charge in [0, 0.05) is 36.8 Å². The maximum atomic E-state index is 12.6. The van der Waals surface area contributed by atoms with E-state index in [-0.39, 0.29) is 11.7 Å². The first kappa shape index (κ1) is 13.1. The van der Waals surface area contributed by atoms with Gasteiger partial charge in [-0.1, -0.05) is 0 Å². The molecule has 0 N–H and O–H groups in total. The summed E-state index contributed by atoms with van der Waals surface area (Å²) in [4.78, 5) is 27.2. The highest BCUT2D eigenvalue weighted by Crippen LogP contribution is 2.25. The molecule has 5 heteroatoms. The zero-order chi connectivity index (χ0) is 14.3. The molecule has 0 unspecified atom stereocenters. The Labute approximate surface area is 121 Å². The van der Waals surface area contributed by atoms with E-state index < -0.39 is 0 Å². The molecule has 1 aliphatic heterocycles. The standard InChI is InChI=1S/C15H16N2O2S/c1-10(18)12-7-13(16(2)8-12)15(19)17-5-3-14-11(9-17)4-6-20-14/h4,6-8H,3,5,9H2,1-2H3. The largest absolute Gasteiger partial charge is 0.346 e. The molecule has 3 heterocycles. The van der Waals surface area contributed by atoms with Gasteiger partial charge >= 0.3 is 0 Å². The SMILES string of the molecule is CC(=O)c1cc(C(=O)N2CCc3sccc3C2)n(C)c1. The van der Waals surface area contributed by atoms with Crippen LogP contribution in [0.5, 0.6) is 0 Å². The predicted molar refractivity (Wildman–Crippen MR) is 78.2 cm³/mol. The fourth-order valence-corrected chi connectivity index (χ4v) is 3.44. The highest BCUT2D eigenvalue weighted by molar-refractivity contribution is 7.10. The van der Waals surface area contributed by atoms with E-state index >= 15 is 0 Å². The van der Waals surface area contributed by atoms with Crippen molar-refractivity contribution >= 4 is 23.0 Å². The Morgan fingerprint density at radius 2 is 2.15 bits per heavy atom. The zero-order valence-corrected chi connectivity index (χ0v) is 12.4. The number of hydrogen-bond acceptors (Lipinski definition) is 3. The molecular formula is C15H16N2O2S. The smallest absolute Gasteiger partial charge is 0.270 e. The summed E-state index contributed by atoms with van der Waals surface area (Å²) in [5, 5.41) is 2.08. The number of Topliss-reactive ketones (excluding diaryl/α,β-unsaturated/α-hetero) is 1. The monoisotopic (exact) mass is 288 g/mol. The highest BCUT2D eigenvalue weighted by atomic mass is 32.1. The summed E-state index contributed by atoms with van der Waals surface area (Å²) in [5.41, 5.74) is 2.41. The first-order valence-electron chi connectivity index (χ1n) is 6.58. The maximum absolute atomic E-state index is 12.6. The fourth-order valence-electron chi connectivity index (χ4n) is 2.55. The fraction of sp³-hybridized carbons (Fsp3) is 0.333. The molecule has 3 rings (SSSR count). The topological polar surface area (TPSA) is 42.3 Å². The Balaban J connectivity index is 1.85. The van der Waals surface area contributed by atoms with Gasteiger partial charge in [-0.05, 0) is 36.4 Å². The third-order valence-electron chi connectivity index (χ3n) is 3.73. The van der Waals surface area contributed by atoms with Gasteiger partial charge < -0.3 is 9.47 Å². The van der Waals surface area contributed by atoms with E-state index in [0.717, 1.165) is 13.0 Å². The van der Waals surface area contributed by atoms with Crippen molar-refractivity contribution in [3.63, 3.8) is 0 Å². The van der Waals surface area contributed by atoms with Crippen molar-refractivity contribution < 1.29 is 9.59 Å². The number of carbonyl (C=O) groups is 2. The first-order chi connectivity index (χ1) is 9.56. The van der Waals surface area contributed by atoms with Gasteiger partial charge in [0.1, 0.15) is 5.69 Å². The van der Waals surface area contributed by atoms with Crippen LogP contribution in [0.25, 0.3) is 0 Å². The van der Waals surface area contributed by atoms with E-state index in [4.69, 9.17) is 0 Å². The Morgan fingerprint density at radius 3 is 2.85 bits per heavy atom. The van der Waals surface area contributed by atoms with E-state index in [9.17, 15) is 9.59 Å². The minimum Gasteiger partial charge on any atom is -0.346 e. The number of hydrogen-bond donors (Lipinski definition) is 0. The van der Waals surface area contributed by atoms with Crippen molar-refractivity contribution in [2.45, 2.75) is 19.9 Å². The number of fused-ring (bicyclic) bond motifs is 1. The number of amides is 1. The average Bonchev–Trinajstić information content (AvgIpc) is 3.03. The summed E-state index contributed by atoms with van der Waals surface area (Å²) in [6.45, 7) is 2.92. The lowest BCUT2D eigenvalue weighted by Gasteiger charge is -2.27. The molecule has 0 aromatic carbocycles. The van der Waals surface area contributed by atoms with Crippen molar-refractivity contribution in [1.29, 1.82) is 0 Å². The van der Waals surface area contributed by atoms with Crippen LogP contribution < -0.4 is 0 Å². The number of aryl methyl sites for hydroxylation is 1. The summed E-state index contributed by atoms with van der Waals surface area (Å²) < 4.78 is 1.74. The van der Waals surface area contributed by atoms with Crippen LogP contribution in [-0.2, 0) is 20.0 Å². The van der Waals surface area contributed by atoms with Crippen LogP contribution in [0.3, 0.4) is 0 Å². The van der Waals surface area contributed by atoms with Gasteiger partial charge in [0.2, 0.25) is 0 Å². The number of rotatable bonds is 2. The number of ketones is 1. The molecule has 0 radical (unpaired) electrons. The normalized spacial score (nSPS) is 14.2. The van der Waals surface area contributed by atoms with E-state index in [1.807, 2.05) is 4.90 Å². The first-order valence-corrected chi connectivity index (χ1v) is 7.46. The van der Waals surface area contributed by atoms with E-state index in [1.54, 1.807) is 35.2 Å². The number of carbonyl (C=O) groups excluding carboxylic acids is 2. The van der Waals surface area contributed by atoms with Crippen molar-refractivity contribution in [1.82, 2.24) is 9.47 Å². The van der Waals surface area contributed by atoms with Gasteiger partial charge in [-0.2, -0.15) is 0 Å². The summed E-state index contributed by atoms with van der Waals surface area (Å²) in [5.74, 6) is -0.0183. The molecule has 0 fully saturated rings. The van der Waals surface area contributed by atoms with Crippen molar-refractivity contribution in [2.75, 3.05) is 6.54 Å². The molecule has 0 aliphatic carbocycles. The molecule has 0 saturated carbocycles. The van der Waals surface area contributed by atoms with Gasteiger partial charge in [-0.3, -0.25) is 9.59 Å². The lowest BCUT2D eigenvalue weighted by molar-refractivity contribution is 0.0726. The van der Waals surface area contributed by atoms with Crippen LogP contribution in [0.2, 0.25) is 0 Å². The molecule has 4 nitrogen and oxygen atoms in total. The average molecular weight is 288 g/mol. The predicted octanol–water partition coefficient (Wildman–Crippen LogP) is 2.49. The molecule has 0 saturated heterocycles. The summed E-state index contributed by atoms with van der Waals surface area (Å²) in [7, 11) is 1.81. The highest BCUT2D eigenvalue weighted by Gasteiger charge is 2.24. The van der Waals surface area contributed by atoms with Crippen LogP contribution >= 0.6 is 11.3 Å². The maximum Gasteiger partial charge on any atom is 0.270 e. The summed E-state index contributed by atoms with van der Waals surface area (Å²) >= 11 is 1.76. The second-order valence-electron chi connectivity index (χ2n) is 5.13. The zero-order valence-electron chi connectivity index (χ0n) is 11.5. The summed E-state index contributed by atoms with van der Waals surface area (Å²) in [6.07, 6.45) is 2.64. The van der Waals surface area contributed by atoms with Crippen LogP contribution in [0.1, 0.15) is 38.2 Å². The minimum absolute atomic E-state index is 0.00292. The minimum atomic E-state index is -0.0154. The van der Waals surface area contributed by atoms with Gasteiger partial charge in [-0.15, -0.1) is 11.3 Å². The Morgan fingerprint density at radius 1 is 1.35 bits per heavy atom. The second kappa shape index (κ2) is 4.90. The van der Waals surface area contributed by atoms with Crippen LogP contribution in [-0.4, -0.2) is 27.7 Å². The van der Waals surface area contributed by atoms with Crippen LogP contribution in [0.4, 0.5) is 0 Å². The number of nitrogens with zero attached hydrogens (tertiary/aromatic N) is 2. The second-order valence-corrected chi connectivity index (χ2v) is 6.13. The van der Waals surface area contributed by atoms with Crippen molar-refractivity contribution in [3.05, 3.63) is 45.4 Å². The summed E-state index contributed by atoms with van der Waals surface area (Å²) in [6, 6.07) is 3.78. The Hall–Kier alpha value is -1.88. The lowest BCUT2D eigenvalue weighted by Crippen LogP contribution is -2.36. The number of aromatic nitrogens is 1. The third kappa shape index (κ3) is 2.18. The van der Waals surface area contributed by atoms with Crippen LogP contribution in [0.15, 0.2) is 23.7 Å². The molecule has 104 valence electrons. The quantitative estimate of drug-likeness (QED) is 0.797. The molecule has 2 aromatic rings. The molecule has 20 heavy (non-hydrogen) atoms. The third-order valence-corrected chi connectivity index (χ3v) is 4.75. The van der Waals surface area contributed by atoms with Crippen LogP contribution in [0, 0.1) is 0 Å². The molecule has 1 aliphatic rings. The van der Waals surface area contributed by atoms with E-state index in [2.05, 4.69) is 11.4 Å². The van der Waals surface area contributed by atoms with E-state index in [0.29, 0.717) is 17.8 Å². The van der Waals surface area contributed by atoms with Gasteiger partial charge in [0.05, 0.1) is 0 Å².